The number of aromatic nitrogens is 1. The summed E-state index contributed by atoms with van der Waals surface area (Å²) in [6, 6.07) is 6.32. The topological polar surface area (TPSA) is 107 Å². The number of alkyl carbamates (subject to hydrolysis) is 1. The number of rotatable bonds is 4. The first-order valence-corrected chi connectivity index (χ1v) is 15.7. The molecule has 9 heteroatoms. The lowest BCUT2D eigenvalue weighted by Gasteiger charge is -2.35. The predicted octanol–water partition coefficient (Wildman–Crippen LogP) is 5.57. The zero-order valence-electron chi connectivity index (χ0n) is 25.4. The molecule has 1 saturated carbocycles. The summed E-state index contributed by atoms with van der Waals surface area (Å²) in [6.07, 6.45) is 7.87. The van der Waals surface area contributed by atoms with Crippen LogP contribution in [0.15, 0.2) is 30.5 Å². The van der Waals surface area contributed by atoms with Gasteiger partial charge < -0.3 is 24.4 Å². The highest BCUT2D eigenvalue weighted by atomic mass is 16.6. The summed E-state index contributed by atoms with van der Waals surface area (Å²) in [4.78, 5) is 47.1. The first-order chi connectivity index (χ1) is 20.2. The average molecular weight is 580 g/mol. The van der Waals surface area contributed by atoms with Crippen LogP contribution >= 0.6 is 0 Å². The molecule has 0 unspecified atom stereocenters. The van der Waals surface area contributed by atoms with E-state index in [0.717, 1.165) is 55.7 Å². The summed E-state index contributed by atoms with van der Waals surface area (Å²) in [5.41, 5.74) is 0.947. The number of aryl methyl sites for hydroxylation is 1. The zero-order valence-corrected chi connectivity index (χ0v) is 25.4. The smallest absolute Gasteiger partial charge is 0.407 e. The number of nitrogens with one attached hydrogen (secondary N) is 1. The number of pyridine rings is 1. The summed E-state index contributed by atoms with van der Waals surface area (Å²) in [5.74, 6) is -0.250. The van der Waals surface area contributed by atoms with Crippen LogP contribution in [0.5, 0.6) is 5.88 Å². The minimum Gasteiger partial charge on any atom is -0.472 e. The van der Waals surface area contributed by atoms with Gasteiger partial charge in [0.05, 0.1) is 19.3 Å². The Morgan fingerprint density at radius 3 is 2.67 bits per heavy atom. The van der Waals surface area contributed by atoms with Crippen LogP contribution in [0.3, 0.4) is 0 Å². The molecule has 2 amide bonds. The highest BCUT2D eigenvalue weighted by molar-refractivity contribution is 5.91. The summed E-state index contributed by atoms with van der Waals surface area (Å²) < 4.78 is 17.8. The second-order valence-corrected chi connectivity index (χ2v) is 12.8. The molecule has 228 valence electrons. The lowest BCUT2D eigenvalue weighted by molar-refractivity contribution is -0.155. The number of carbonyl (C=O) groups is 3. The van der Waals surface area contributed by atoms with E-state index in [1.165, 1.54) is 5.56 Å². The first kappa shape index (κ1) is 30.1. The summed E-state index contributed by atoms with van der Waals surface area (Å²) in [5, 5.41) is 4.88. The molecule has 0 spiro atoms. The molecular weight excluding hydrogens is 534 g/mol. The molecule has 2 aromatic rings. The van der Waals surface area contributed by atoms with Crippen LogP contribution in [0.2, 0.25) is 0 Å². The molecule has 0 radical (unpaired) electrons. The van der Waals surface area contributed by atoms with Crippen LogP contribution in [0.25, 0.3) is 10.8 Å². The van der Waals surface area contributed by atoms with E-state index in [2.05, 4.69) is 42.3 Å². The van der Waals surface area contributed by atoms with E-state index in [1.807, 2.05) is 13.0 Å². The van der Waals surface area contributed by atoms with Crippen molar-refractivity contribution in [2.24, 2.45) is 11.3 Å². The largest absolute Gasteiger partial charge is 0.472 e. The second-order valence-electron chi connectivity index (χ2n) is 12.8. The Balaban J connectivity index is 1.56. The van der Waals surface area contributed by atoms with Gasteiger partial charge in [-0.15, -0.1) is 0 Å². The third-order valence-corrected chi connectivity index (χ3v) is 9.19. The van der Waals surface area contributed by atoms with Gasteiger partial charge in [0.2, 0.25) is 11.8 Å². The Morgan fingerprint density at radius 2 is 1.93 bits per heavy atom. The van der Waals surface area contributed by atoms with Gasteiger partial charge in [-0.1, -0.05) is 45.7 Å². The molecule has 42 heavy (non-hydrogen) atoms. The maximum atomic E-state index is 14.5. The van der Waals surface area contributed by atoms with Crippen LogP contribution in [-0.4, -0.2) is 65.3 Å². The molecule has 4 bridgehead atoms. The Bertz CT molecular complexity index is 1290. The van der Waals surface area contributed by atoms with Gasteiger partial charge in [0.15, 0.2) is 0 Å². The molecule has 2 aliphatic heterocycles. The van der Waals surface area contributed by atoms with Crippen molar-refractivity contribution < 1.29 is 28.6 Å². The van der Waals surface area contributed by atoms with Gasteiger partial charge in [-0.25, -0.2) is 14.6 Å². The molecular formula is C33H45N3O6. The van der Waals surface area contributed by atoms with Gasteiger partial charge in [-0.05, 0) is 79.9 Å². The lowest BCUT2D eigenvalue weighted by atomic mass is 9.87. The zero-order chi connectivity index (χ0) is 29.9. The van der Waals surface area contributed by atoms with Crippen LogP contribution in [0.4, 0.5) is 4.79 Å². The number of ether oxygens (including phenoxy) is 3. The van der Waals surface area contributed by atoms with E-state index in [1.54, 1.807) is 18.0 Å². The Labute approximate surface area is 248 Å². The molecule has 1 aromatic heterocycles. The quantitative estimate of drug-likeness (QED) is 0.472. The molecule has 3 heterocycles. The third kappa shape index (κ3) is 6.50. The molecule has 2 fully saturated rings. The predicted molar refractivity (Wildman–Crippen MR) is 159 cm³/mol. The highest BCUT2D eigenvalue weighted by Crippen LogP contribution is 2.37. The first-order valence-electron chi connectivity index (χ1n) is 15.7. The van der Waals surface area contributed by atoms with E-state index >= 15 is 0 Å². The van der Waals surface area contributed by atoms with Crippen molar-refractivity contribution in [3.8, 4) is 5.88 Å². The van der Waals surface area contributed by atoms with E-state index in [-0.39, 0.29) is 36.9 Å². The summed E-state index contributed by atoms with van der Waals surface area (Å²) in [7, 11) is 0. The number of carbonyl (C=O) groups excluding carboxylic acids is 3. The third-order valence-electron chi connectivity index (χ3n) is 9.19. The van der Waals surface area contributed by atoms with E-state index in [0.29, 0.717) is 12.3 Å². The number of amides is 2. The van der Waals surface area contributed by atoms with Gasteiger partial charge in [-0.2, -0.15) is 0 Å². The molecule has 9 nitrogen and oxygen atoms in total. The maximum Gasteiger partial charge on any atom is 0.407 e. The van der Waals surface area contributed by atoms with Crippen molar-refractivity contribution in [1.29, 1.82) is 0 Å². The SMILES string of the molecule is CCOC(=O)[C@@H]1C[C@@H]2Oc3nccc4ccc(cc34)CCCC(C)(C)COC(=O)N[C@@H](C3CCCC3)C(=O)N1[C@@H]2CC. The molecule has 1 saturated heterocycles. The van der Waals surface area contributed by atoms with Crippen molar-refractivity contribution in [2.75, 3.05) is 13.2 Å². The Morgan fingerprint density at radius 1 is 1.14 bits per heavy atom. The Hall–Kier alpha value is -3.36. The normalized spacial score (nSPS) is 27.2. The fourth-order valence-electron chi connectivity index (χ4n) is 6.94. The number of hydrogen-bond donors (Lipinski definition) is 1. The molecule has 5 rings (SSSR count). The molecule has 4 atom stereocenters. The lowest BCUT2D eigenvalue weighted by Crippen LogP contribution is -2.57. The van der Waals surface area contributed by atoms with Crippen molar-refractivity contribution in [3.05, 3.63) is 36.0 Å². The van der Waals surface area contributed by atoms with Crippen molar-refractivity contribution in [1.82, 2.24) is 15.2 Å². The van der Waals surface area contributed by atoms with E-state index < -0.39 is 36.3 Å². The number of benzene rings is 1. The summed E-state index contributed by atoms with van der Waals surface area (Å²) >= 11 is 0. The van der Waals surface area contributed by atoms with E-state index in [4.69, 9.17) is 14.2 Å². The summed E-state index contributed by atoms with van der Waals surface area (Å²) in [6.45, 7) is 8.39. The standard InChI is InChI=1S/C33H45N3O6/c1-5-25-27-19-26(31(38)40-6-2)36(25)30(37)28(23-11-7-8-12-23)35-32(39)41-20-33(3,4)16-9-10-21-13-14-22-15-17-34-29(42-27)24(22)18-21/h13-15,17-18,23,25-28H,5-12,16,19-20H2,1-4H3,(H,35,39)/t25-,26+,27+,28+/m1/s1. The van der Waals surface area contributed by atoms with Gasteiger partial charge in [-0.3, -0.25) is 4.79 Å². The van der Waals surface area contributed by atoms with Crippen LogP contribution in [0.1, 0.15) is 84.6 Å². The Kier molecular flexibility index (Phi) is 9.23. The molecule has 1 N–H and O–H groups in total. The number of hydrogen-bond acceptors (Lipinski definition) is 7. The highest BCUT2D eigenvalue weighted by Gasteiger charge is 2.51. The molecule has 1 aromatic carbocycles. The van der Waals surface area contributed by atoms with Crippen LogP contribution in [0, 0.1) is 11.3 Å². The average Bonchev–Trinajstić information content (AvgIpc) is 3.63. The fraction of sp³-hybridized carbons (Fsp3) is 0.636. The van der Waals surface area contributed by atoms with Gasteiger partial charge in [0.25, 0.3) is 0 Å². The van der Waals surface area contributed by atoms with Gasteiger partial charge in [0, 0.05) is 18.0 Å². The minimum atomic E-state index is -0.819. The minimum absolute atomic E-state index is 0.0258. The second kappa shape index (κ2) is 12.9. The number of cyclic esters (lactones) is 1. The monoisotopic (exact) mass is 579 g/mol. The van der Waals surface area contributed by atoms with Crippen molar-refractivity contribution in [2.45, 2.75) is 110 Å². The fourth-order valence-corrected chi connectivity index (χ4v) is 6.94. The van der Waals surface area contributed by atoms with Gasteiger partial charge >= 0.3 is 12.1 Å². The molecule has 3 aliphatic rings. The van der Waals surface area contributed by atoms with Crippen molar-refractivity contribution in [3.63, 3.8) is 0 Å². The number of nitrogens with zero attached hydrogens (tertiary/aromatic N) is 2. The number of esters is 1. The van der Waals surface area contributed by atoms with Crippen LogP contribution in [-0.2, 0) is 25.5 Å². The number of fused-ring (bicyclic) bond motifs is 3. The van der Waals surface area contributed by atoms with Gasteiger partial charge in [0.1, 0.15) is 18.2 Å². The van der Waals surface area contributed by atoms with Crippen LogP contribution < -0.4 is 10.1 Å². The van der Waals surface area contributed by atoms with Crippen molar-refractivity contribution >= 4 is 28.7 Å². The van der Waals surface area contributed by atoms with E-state index in [9.17, 15) is 14.4 Å². The maximum absolute atomic E-state index is 14.5. The molecule has 1 aliphatic carbocycles.